The van der Waals surface area contributed by atoms with Gasteiger partial charge in [-0.05, 0) is 0 Å². The van der Waals surface area contributed by atoms with Gasteiger partial charge in [0.15, 0.2) is 0 Å². The molecule has 0 unspecified atom stereocenters. The quantitative estimate of drug-likeness (QED) is 0.287. The summed E-state index contributed by atoms with van der Waals surface area (Å²) in [4.78, 5) is 0. The van der Waals surface area contributed by atoms with Crippen LogP contribution in [0.2, 0.25) is 0 Å². The van der Waals surface area contributed by atoms with E-state index in [2.05, 4.69) is 97.6 Å². The van der Waals surface area contributed by atoms with Crippen molar-refractivity contribution in [3.05, 3.63) is 92.1 Å². The molecule has 4 aromatic rings. The van der Waals surface area contributed by atoms with Crippen molar-refractivity contribution in [2.75, 3.05) is 0 Å². The van der Waals surface area contributed by atoms with E-state index in [9.17, 15) is 0 Å². The summed E-state index contributed by atoms with van der Waals surface area (Å²) in [7, 11) is 0. The van der Waals surface area contributed by atoms with Gasteiger partial charge in [0.25, 0.3) is 0 Å². The number of fused-ring (bicyclic) bond motifs is 2. The van der Waals surface area contributed by atoms with Crippen LogP contribution < -0.4 is 0 Å². The van der Waals surface area contributed by atoms with E-state index in [1.807, 2.05) is 0 Å². The summed E-state index contributed by atoms with van der Waals surface area (Å²) in [6.45, 7) is 0. The molecule has 108 valence electrons. The van der Waals surface area contributed by atoms with Crippen molar-refractivity contribution < 1.29 is 0 Å². The molecule has 0 atom stereocenters. The minimum atomic E-state index is -1.52. The molecule has 0 N–H and O–H groups in total. The molecule has 0 amide bonds. The van der Waals surface area contributed by atoms with Gasteiger partial charge in [0.05, 0.1) is 0 Å². The number of hydrogen-bond acceptors (Lipinski definition) is 0. The first-order chi connectivity index (χ1) is 10.8. The summed E-state index contributed by atoms with van der Waals surface area (Å²) < 4.78 is 2.89. The molecule has 2 heteroatoms. The fourth-order valence-corrected chi connectivity index (χ4v) is 8.08. The van der Waals surface area contributed by atoms with E-state index in [4.69, 9.17) is 0 Å². The van der Waals surface area contributed by atoms with Gasteiger partial charge in [0.1, 0.15) is 0 Å². The predicted octanol–water partition coefficient (Wildman–Crippen LogP) is 6.85. The third-order valence-corrected chi connectivity index (χ3v) is 12.0. The number of benzene rings is 4. The van der Waals surface area contributed by atoms with Crippen LogP contribution >= 0.6 is 30.3 Å². The first-order valence-electron chi connectivity index (χ1n) is 7.15. The monoisotopic (exact) mass is 460 g/mol. The topological polar surface area (TPSA) is 0 Å². The van der Waals surface area contributed by atoms with Crippen LogP contribution in [0.3, 0.4) is 0 Å². The minimum absolute atomic E-state index is 1.31. The van der Waals surface area contributed by atoms with Crippen LogP contribution in [0.25, 0.3) is 21.5 Å². The zero-order valence-corrected chi connectivity index (χ0v) is 15.6. The number of hydrogen-bond donors (Lipinski definition) is 0. The van der Waals surface area contributed by atoms with Gasteiger partial charge in [0, 0.05) is 0 Å². The summed E-state index contributed by atoms with van der Waals surface area (Å²) in [6, 6.07) is 30.8. The maximum absolute atomic E-state index is 4.02. The molecular weight excluding hydrogens is 447 g/mol. The first-order valence-corrected chi connectivity index (χ1v) is 14.1. The second kappa shape index (κ2) is 6.01. The molecule has 4 aromatic carbocycles. The summed E-state index contributed by atoms with van der Waals surface area (Å²) in [6.07, 6.45) is 0. The predicted molar refractivity (Wildman–Crippen MR) is 108 cm³/mol. The number of halogens is 2. The van der Waals surface area contributed by atoms with Crippen molar-refractivity contribution in [2.45, 2.75) is 0 Å². The molecule has 0 aliphatic carbocycles. The molecule has 0 saturated heterocycles. The Morgan fingerprint density at radius 2 is 0.909 bits per heavy atom. The van der Waals surface area contributed by atoms with E-state index in [0.29, 0.717) is 0 Å². The van der Waals surface area contributed by atoms with Crippen molar-refractivity contribution in [1.82, 2.24) is 0 Å². The zero-order chi connectivity index (χ0) is 14.9. The van der Waals surface area contributed by atoms with Crippen molar-refractivity contribution >= 4 is 51.8 Å². The molecule has 0 aliphatic heterocycles. The summed E-state index contributed by atoms with van der Waals surface area (Å²) in [5.74, 6) is 0. The normalized spacial score (nSPS) is 11.8. The average molecular weight is 461 g/mol. The summed E-state index contributed by atoms with van der Waals surface area (Å²) in [5.41, 5.74) is 0. The van der Waals surface area contributed by atoms with Crippen LogP contribution in [0.15, 0.2) is 84.9 Å². The Kier molecular flexibility index (Phi) is 3.89. The van der Waals surface area contributed by atoms with Crippen LogP contribution in [0.1, 0.15) is 0 Å². The van der Waals surface area contributed by atoms with Gasteiger partial charge in [0.2, 0.25) is 0 Å². The standard InChI is InChI=1S/C20H14BrI/c21-22(19-11-9-15-5-1-3-7-17(15)13-19)20-12-10-16-6-2-4-8-18(16)14-20/h1-14H. The summed E-state index contributed by atoms with van der Waals surface area (Å²) >= 11 is 2.50. The zero-order valence-electron chi connectivity index (χ0n) is 11.8. The van der Waals surface area contributed by atoms with Crippen LogP contribution in [-0.2, 0) is 0 Å². The number of rotatable bonds is 2. The van der Waals surface area contributed by atoms with Crippen molar-refractivity contribution in [3.8, 4) is 0 Å². The van der Waals surface area contributed by atoms with E-state index < -0.39 is 17.6 Å². The molecule has 0 bridgehead atoms. The molecule has 0 aromatic heterocycles. The van der Waals surface area contributed by atoms with E-state index in [0.717, 1.165) is 0 Å². The van der Waals surface area contributed by atoms with Gasteiger partial charge in [-0.2, -0.15) is 0 Å². The molecule has 0 radical (unpaired) electrons. The van der Waals surface area contributed by atoms with Crippen molar-refractivity contribution in [3.63, 3.8) is 0 Å². The molecule has 4 rings (SSSR count). The third-order valence-electron chi connectivity index (χ3n) is 3.81. The molecule has 0 fully saturated rings. The van der Waals surface area contributed by atoms with Crippen LogP contribution in [0, 0.1) is 7.14 Å². The van der Waals surface area contributed by atoms with Crippen molar-refractivity contribution in [2.24, 2.45) is 0 Å². The van der Waals surface area contributed by atoms with Crippen LogP contribution in [0.4, 0.5) is 0 Å². The Balaban J connectivity index is 1.78. The van der Waals surface area contributed by atoms with Gasteiger partial charge in [-0.1, -0.05) is 0 Å². The van der Waals surface area contributed by atoms with Gasteiger partial charge >= 0.3 is 144 Å². The molecule has 0 aliphatic rings. The SMILES string of the molecule is BrI(c1ccc2ccccc2c1)c1ccc2ccccc2c1. The Morgan fingerprint density at radius 3 is 1.36 bits per heavy atom. The molecule has 0 spiro atoms. The van der Waals surface area contributed by atoms with Crippen LogP contribution in [-0.4, -0.2) is 0 Å². The van der Waals surface area contributed by atoms with Gasteiger partial charge in [-0.25, -0.2) is 0 Å². The molecule has 22 heavy (non-hydrogen) atoms. The Labute approximate surface area is 143 Å². The maximum atomic E-state index is 4.02. The van der Waals surface area contributed by atoms with Gasteiger partial charge in [-0.15, -0.1) is 0 Å². The molecule has 0 heterocycles. The van der Waals surface area contributed by atoms with E-state index in [1.165, 1.54) is 28.7 Å². The Morgan fingerprint density at radius 1 is 0.500 bits per heavy atom. The third kappa shape index (κ3) is 2.66. The molecular formula is C20H14BrI. The Bertz CT molecular complexity index is 882. The van der Waals surface area contributed by atoms with Crippen LogP contribution in [0.5, 0.6) is 0 Å². The van der Waals surface area contributed by atoms with Crippen molar-refractivity contribution in [1.29, 1.82) is 0 Å². The second-order valence-corrected chi connectivity index (χ2v) is 13.1. The van der Waals surface area contributed by atoms with E-state index >= 15 is 0 Å². The summed E-state index contributed by atoms with van der Waals surface area (Å²) in [5, 5.41) is 5.26. The molecule has 0 saturated carbocycles. The van der Waals surface area contributed by atoms with E-state index in [-0.39, 0.29) is 0 Å². The first kappa shape index (κ1) is 14.2. The van der Waals surface area contributed by atoms with E-state index in [1.54, 1.807) is 0 Å². The average Bonchev–Trinajstić information content (AvgIpc) is 2.60. The second-order valence-electron chi connectivity index (χ2n) is 5.22. The van der Waals surface area contributed by atoms with Gasteiger partial charge in [-0.3, -0.25) is 0 Å². The fraction of sp³-hybridized carbons (Fsp3) is 0. The van der Waals surface area contributed by atoms with Gasteiger partial charge < -0.3 is 0 Å². The Hall–Kier alpha value is -1.39. The molecule has 0 nitrogen and oxygen atoms in total. The fourth-order valence-electron chi connectivity index (χ4n) is 2.65.